The predicted octanol–water partition coefficient (Wildman–Crippen LogP) is 3.41. The number of anilines is 1. The molecule has 3 rings (SSSR count). The largest absolute Gasteiger partial charge is 0.496 e. The van der Waals surface area contributed by atoms with Crippen LogP contribution >= 0.6 is 0 Å². The highest BCUT2D eigenvalue weighted by Gasteiger charge is 2.15. The number of rotatable bonds is 4. The molecule has 0 spiro atoms. The van der Waals surface area contributed by atoms with Crippen molar-refractivity contribution in [2.75, 3.05) is 12.4 Å². The minimum atomic E-state index is -0.507. The second-order valence-electron chi connectivity index (χ2n) is 5.62. The van der Waals surface area contributed by atoms with E-state index in [0.717, 1.165) is 17.1 Å². The van der Waals surface area contributed by atoms with Crippen LogP contribution in [0.15, 0.2) is 36.7 Å². The molecule has 7 heteroatoms. The summed E-state index contributed by atoms with van der Waals surface area (Å²) < 4.78 is 20.3. The van der Waals surface area contributed by atoms with Crippen molar-refractivity contribution in [1.29, 1.82) is 0 Å². The van der Waals surface area contributed by atoms with Gasteiger partial charge in [0, 0.05) is 11.4 Å². The Labute approximate surface area is 138 Å². The number of halogens is 1. The molecule has 0 aliphatic rings. The number of carbonyl (C=O) groups is 1. The van der Waals surface area contributed by atoms with Crippen LogP contribution in [0.5, 0.6) is 5.75 Å². The maximum Gasteiger partial charge on any atom is 0.259 e. The molecule has 6 nitrogen and oxygen atoms in total. The zero-order chi connectivity index (χ0) is 17.3. The first kappa shape index (κ1) is 15.9. The molecule has 0 radical (unpaired) electrons. The Morgan fingerprint density at radius 2 is 2.08 bits per heavy atom. The van der Waals surface area contributed by atoms with Gasteiger partial charge in [0.25, 0.3) is 5.91 Å². The second-order valence-corrected chi connectivity index (χ2v) is 5.62. The van der Waals surface area contributed by atoms with E-state index >= 15 is 0 Å². The van der Waals surface area contributed by atoms with E-state index in [1.165, 1.54) is 19.2 Å². The van der Waals surface area contributed by atoms with Gasteiger partial charge in [0.05, 0.1) is 30.8 Å². The van der Waals surface area contributed by atoms with E-state index in [1.807, 2.05) is 13.8 Å². The van der Waals surface area contributed by atoms with Gasteiger partial charge in [-0.2, -0.15) is 5.10 Å². The molecular weight excluding hydrogens is 311 g/mol. The molecule has 0 aliphatic heterocycles. The number of hydrogen-bond donors (Lipinski definition) is 1. The summed E-state index contributed by atoms with van der Waals surface area (Å²) in [5.74, 6) is -0.674. The van der Waals surface area contributed by atoms with E-state index in [2.05, 4.69) is 15.4 Å². The highest BCUT2D eigenvalue weighted by Crippen LogP contribution is 2.23. The van der Waals surface area contributed by atoms with Crippen molar-refractivity contribution in [1.82, 2.24) is 14.8 Å². The van der Waals surface area contributed by atoms with Crippen LogP contribution in [0, 0.1) is 5.82 Å². The Morgan fingerprint density at radius 3 is 2.79 bits per heavy atom. The summed E-state index contributed by atoms with van der Waals surface area (Å²) >= 11 is 0. The van der Waals surface area contributed by atoms with Gasteiger partial charge >= 0.3 is 0 Å². The van der Waals surface area contributed by atoms with E-state index in [-0.39, 0.29) is 11.6 Å². The highest BCUT2D eigenvalue weighted by atomic mass is 19.1. The highest BCUT2D eigenvalue weighted by molar-refractivity contribution is 6.06. The molecule has 3 aromatic rings. The maximum atomic E-state index is 13.4. The van der Waals surface area contributed by atoms with E-state index < -0.39 is 11.7 Å². The zero-order valence-electron chi connectivity index (χ0n) is 13.6. The fourth-order valence-corrected chi connectivity index (χ4v) is 2.44. The molecule has 0 unspecified atom stereocenters. The van der Waals surface area contributed by atoms with Gasteiger partial charge in [0.2, 0.25) is 0 Å². The van der Waals surface area contributed by atoms with E-state index in [0.29, 0.717) is 11.4 Å². The number of amides is 1. The summed E-state index contributed by atoms with van der Waals surface area (Å²) in [6, 6.07) is 5.75. The summed E-state index contributed by atoms with van der Waals surface area (Å²) in [6.07, 6.45) is 3.24. The zero-order valence-corrected chi connectivity index (χ0v) is 13.6. The normalized spacial score (nSPS) is 11.0. The van der Waals surface area contributed by atoms with Gasteiger partial charge in [0.1, 0.15) is 11.6 Å². The fourth-order valence-electron chi connectivity index (χ4n) is 2.44. The Morgan fingerprint density at radius 1 is 1.29 bits per heavy atom. The Hall–Kier alpha value is -2.96. The molecule has 0 saturated carbocycles. The first-order valence-electron chi connectivity index (χ1n) is 7.47. The van der Waals surface area contributed by atoms with Crippen molar-refractivity contribution < 1.29 is 13.9 Å². The first-order valence-corrected chi connectivity index (χ1v) is 7.47. The number of nitrogens with one attached hydrogen (secondary N) is 1. The van der Waals surface area contributed by atoms with Crippen LogP contribution < -0.4 is 10.1 Å². The average Bonchev–Trinajstić information content (AvgIpc) is 2.98. The molecule has 1 aromatic carbocycles. The van der Waals surface area contributed by atoms with Gasteiger partial charge in [-0.1, -0.05) is 0 Å². The van der Waals surface area contributed by atoms with Gasteiger partial charge in [-0.25, -0.2) is 14.1 Å². The lowest BCUT2D eigenvalue weighted by Crippen LogP contribution is -2.13. The molecule has 1 amide bonds. The standard InChI is InChI=1S/C17H17FN4O2/c1-10(2)22-16-11(8-20-22)6-13(9-19-16)21-17(23)14-7-12(18)4-5-15(14)24-3/h4-10H,1-3H3,(H,21,23). The van der Waals surface area contributed by atoms with Crippen LogP contribution in [-0.2, 0) is 0 Å². The van der Waals surface area contributed by atoms with Crippen LogP contribution in [0.3, 0.4) is 0 Å². The van der Waals surface area contributed by atoms with Gasteiger partial charge < -0.3 is 10.1 Å². The van der Waals surface area contributed by atoms with Crippen LogP contribution in [0.4, 0.5) is 10.1 Å². The SMILES string of the molecule is COc1ccc(F)cc1C(=O)Nc1cnc2c(cnn2C(C)C)c1. The van der Waals surface area contributed by atoms with Crippen LogP contribution in [-0.4, -0.2) is 27.8 Å². The van der Waals surface area contributed by atoms with Gasteiger partial charge in [0.15, 0.2) is 5.65 Å². The third-order valence-corrected chi connectivity index (χ3v) is 3.59. The molecule has 2 aromatic heterocycles. The lowest BCUT2D eigenvalue weighted by molar-refractivity contribution is 0.102. The second kappa shape index (κ2) is 6.27. The minimum Gasteiger partial charge on any atom is -0.496 e. The number of ether oxygens (including phenoxy) is 1. The molecule has 0 saturated heterocycles. The summed E-state index contributed by atoms with van der Waals surface area (Å²) in [5.41, 5.74) is 1.36. The van der Waals surface area contributed by atoms with E-state index in [1.54, 1.807) is 23.1 Å². The molecule has 0 fully saturated rings. The maximum absolute atomic E-state index is 13.4. The van der Waals surface area contributed by atoms with Crippen molar-refractivity contribution in [2.24, 2.45) is 0 Å². The van der Waals surface area contributed by atoms with Gasteiger partial charge in [-0.05, 0) is 38.1 Å². The number of aromatic nitrogens is 3. The molecule has 124 valence electrons. The van der Waals surface area contributed by atoms with Crippen LogP contribution in [0.25, 0.3) is 11.0 Å². The van der Waals surface area contributed by atoms with Crippen molar-refractivity contribution in [3.05, 3.63) is 48.0 Å². The summed E-state index contributed by atoms with van der Waals surface area (Å²) in [6.45, 7) is 4.03. The molecule has 0 atom stereocenters. The third-order valence-electron chi connectivity index (χ3n) is 3.59. The molecular formula is C17H17FN4O2. The molecule has 1 N–H and O–H groups in total. The minimum absolute atomic E-state index is 0.121. The lowest BCUT2D eigenvalue weighted by atomic mass is 10.1. The smallest absolute Gasteiger partial charge is 0.259 e. The van der Waals surface area contributed by atoms with Crippen molar-refractivity contribution >= 4 is 22.6 Å². The monoisotopic (exact) mass is 328 g/mol. The summed E-state index contributed by atoms with van der Waals surface area (Å²) in [4.78, 5) is 16.7. The Kier molecular flexibility index (Phi) is 4.16. The van der Waals surface area contributed by atoms with Crippen molar-refractivity contribution in [2.45, 2.75) is 19.9 Å². The number of carbonyl (C=O) groups excluding carboxylic acids is 1. The van der Waals surface area contributed by atoms with E-state index in [9.17, 15) is 9.18 Å². The van der Waals surface area contributed by atoms with Crippen LogP contribution in [0.1, 0.15) is 30.2 Å². The number of methoxy groups -OCH3 is 1. The van der Waals surface area contributed by atoms with Crippen molar-refractivity contribution in [3.63, 3.8) is 0 Å². The first-order chi connectivity index (χ1) is 11.5. The molecule has 0 aliphatic carbocycles. The lowest BCUT2D eigenvalue weighted by Gasteiger charge is -2.10. The number of fused-ring (bicyclic) bond motifs is 1. The third kappa shape index (κ3) is 2.92. The molecule has 0 bridgehead atoms. The number of benzene rings is 1. The fraction of sp³-hybridized carbons (Fsp3) is 0.235. The van der Waals surface area contributed by atoms with Gasteiger partial charge in [-0.3, -0.25) is 4.79 Å². The predicted molar refractivity (Wildman–Crippen MR) is 88.8 cm³/mol. The topological polar surface area (TPSA) is 69.0 Å². The summed E-state index contributed by atoms with van der Waals surface area (Å²) in [7, 11) is 1.43. The van der Waals surface area contributed by atoms with Crippen LogP contribution in [0.2, 0.25) is 0 Å². The molecule has 2 heterocycles. The van der Waals surface area contributed by atoms with Gasteiger partial charge in [-0.15, -0.1) is 0 Å². The Balaban J connectivity index is 1.90. The number of nitrogens with zero attached hydrogens (tertiary/aromatic N) is 3. The average molecular weight is 328 g/mol. The molecule has 24 heavy (non-hydrogen) atoms. The Bertz CT molecular complexity index is 905. The number of pyridine rings is 1. The van der Waals surface area contributed by atoms with Crippen molar-refractivity contribution in [3.8, 4) is 5.75 Å². The quantitative estimate of drug-likeness (QED) is 0.797. The summed E-state index contributed by atoms with van der Waals surface area (Å²) in [5, 5.41) is 7.80. The van der Waals surface area contributed by atoms with E-state index in [4.69, 9.17) is 4.74 Å². The number of hydrogen-bond acceptors (Lipinski definition) is 4.